The molecule has 2 N–H and O–H groups in total. The zero-order valence-corrected chi connectivity index (χ0v) is 8.40. The standard InChI is InChI=1S/C8H13N3O3/c1-8(2,3)13-7(12)6-10-5(4-9)14-11-6/h4,9H2,1-3H3. The molecule has 0 fully saturated rings. The normalized spacial score (nSPS) is 11.4. The van der Waals surface area contributed by atoms with E-state index in [0.717, 1.165) is 0 Å². The van der Waals surface area contributed by atoms with Gasteiger partial charge in [-0.1, -0.05) is 0 Å². The third-order valence-electron chi connectivity index (χ3n) is 1.22. The molecule has 6 nitrogen and oxygen atoms in total. The molecule has 1 aromatic heterocycles. The highest BCUT2D eigenvalue weighted by Crippen LogP contribution is 2.10. The van der Waals surface area contributed by atoms with E-state index in [-0.39, 0.29) is 18.3 Å². The van der Waals surface area contributed by atoms with Gasteiger partial charge in [0.05, 0.1) is 6.54 Å². The molecule has 0 saturated heterocycles. The number of hydrogen-bond donors (Lipinski definition) is 1. The Morgan fingerprint density at radius 1 is 1.57 bits per heavy atom. The summed E-state index contributed by atoms with van der Waals surface area (Å²) in [6, 6.07) is 0. The van der Waals surface area contributed by atoms with Gasteiger partial charge in [-0.25, -0.2) is 4.79 Å². The highest BCUT2D eigenvalue weighted by molar-refractivity contribution is 5.85. The summed E-state index contributed by atoms with van der Waals surface area (Å²) in [7, 11) is 0. The molecule has 1 aromatic rings. The smallest absolute Gasteiger partial charge is 0.380 e. The fourth-order valence-electron chi connectivity index (χ4n) is 0.744. The number of hydrogen-bond acceptors (Lipinski definition) is 6. The third kappa shape index (κ3) is 2.81. The molecule has 0 radical (unpaired) electrons. The van der Waals surface area contributed by atoms with Gasteiger partial charge in [0.2, 0.25) is 5.89 Å². The van der Waals surface area contributed by atoms with Crippen LogP contribution in [0.2, 0.25) is 0 Å². The number of rotatable bonds is 2. The van der Waals surface area contributed by atoms with Gasteiger partial charge in [0.15, 0.2) is 0 Å². The first-order valence-corrected chi connectivity index (χ1v) is 4.18. The Morgan fingerprint density at radius 3 is 2.64 bits per heavy atom. The molecule has 0 bridgehead atoms. The number of esters is 1. The lowest BCUT2D eigenvalue weighted by molar-refractivity contribution is 0.00528. The van der Waals surface area contributed by atoms with Crippen molar-refractivity contribution in [3.63, 3.8) is 0 Å². The molecule has 0 amide bonds. The maximum absolute atomic E-state index is 11.3. The molecule has 78 valence electrons. The van der Waals surface area contributed by atoms with Crippen LogP contribution in [-0.2, 0) is 11.3 Å². The van der Waals surface area contributed by atoms with Crippen molar-refractivity contribution in [1.29, 1.82) is 0 Å². The summed E-state index contributed by atoms with van der Waals surface area (Å²) in [5.41, 5.74) is 4.67. The Bertz CT molecular complexity index is 327. The minimum absolute atomic E-state index is 0.0969. The average Bonchev–Trinajstić information content (AvgIpc) is 2.48. The van der Waals surface area contributed by atoms with E-state index in [2.05, 4.69) is 14.7 Å². The van der Waals surface area contributed by atoms with Gasteiger partial charge in [-0.3, -0.25) is 0 Å². The molecule has 6 heteroatoms. The molecule has 0 spiro atoms. The van der Waals surface area contributed by atoms with E-state index in [4.69, 9.17) is 10.5 Å². The van der Waals surface area contributed by atoms with E-state index in [1.165, 1.54) is 0 Å². The predicted octanol–water partition coefficient (Wildman–Crippen LogP) is 0.484. The average molecular weight is 199 g/mol. The second-order valence-corrected chi connectivity index (χ2v) is 3.72. The first kappa shape index (κ1) is 10.6. The summed E-state index contributed by atoms with van der Waals surface area (Å²) in [5, 5.41) is 3.43. The third-order valence-corrected chi connectivity index (χ3v) is 1.22. The monoisotopic (exact) mass is 199 g/mol. The van der Waals surface area contributed by atoms with E-state index in [1.807, 2.05) is 0 Å². The molecular weight excluding hydrogens is 186 g/mol. The summed E-state index contributed by atoms with van der Waals surface area (Å²) in [4.78, 5) is 15.1. The minimum Gasteiger partial charge on any atom is -0.454 e. The number of aromatic nitrogens is 2. The lowest BCUT2D eigenvalue weighted by atomic mass is 10.2. The number of nitrogens with zero attached hydrogens (tertiary/aromatic N) is 2. The predicted molar refractivity (Wildman–Crippen MR) is 47.4 cm³/mol. The summed E-state index contributed by atoms with van der Waals surface area (Å²) >= 11 is 0. The van der Waals surface area contributed by atoms with Crippen molar-refractivity contribution in [2.24, 2.45) is 5.73 Å². The van der Waals surface area contributed by atoms with Crippen LogP contribution >= 0.6 is 0 Å². The Balaban J connectivity index is 2.70. The lowest BCUT2D eigenvalue weighted by Gasteiger charge is -2.17. The van der Waals surface area contributed by atoms with Crippen molar-refractivity contribution >= 4 is 5.97 Å². The number of nitrogens with two attached hydrogens (primary N) is 1. The topological polar surface area (TPSA) is 91.2 Å². The highest BCUT2D eigenvalue weighted by atomic mass is 16.6. The van der Waals surface area contributed by atoms with Gasteiger partial charge in [-0.05, 0) is 25.9 Å². The van der Waals surface area contributed by atoms with Crippen molar-refractivity contribution in [3.05, 3.63) is 11.7 Å². The molecule has 0 aromatic carbocycles. The van der Waals surface area contributed by atoms with Gasteiger partial charge in [0.1, 0.15) is 5.60 Å². The molecule has 14 heavy (non-hydrogen) atoms. The number of ether oxygens (including phenoxy) is 1. The Kier molecular flexibility index (Phi) is 2.85. The summed E-state index contributed by atoms with van der Waals surface area (Å²) < 4.78 is 9.68. The van der Waals surface area contributed by atoms with Gasteiger partial charge in [-0.15, -0.1) is 0 Å². The van der Waals surface area contributed by atoms with Gasteiger partial charge in [0, 0.05) is 0 Å². The van der Waals surface area contributed by atoms with Crippen molar-refractivity contribution in [1.82, 2.24) is 10.1 Å². The lowest BCUT2D eigenvalue weighted by Crippen LogP contribution is -2.24. The van der Waals surface area contributed by atoms with Crippen molar-refractivity contribution in [2.45, 2.75) is 32.9 Å². The number of carbonyl (C=O) groups is 1. The van der Waals surface area contributed by atoms with Gasteiger partial charge in [0.25, 0.3) is 5.82 Å². The molecular formula is C8H13N3O3. The Labute approximate surface area is 81.4 Å². The Morgan fingerprint density at radius 2 is 2.21 bits per heavy atom. The summed E-state index contributed by atoms with van der Waals surface area (Å²) in [5.74, 6) is -0.493. The summed E-state index contributed by atoms with van der Waals surface area (Å²) in [6.07, 6.45) is 0. The molecule has 1 rings (SSSR count). The molecule has 0 aliphatic rings. The van der Waals surface area contributed by atoms with Crippen LogP contribution < -0.4 is 5.73 Å². The van der Waals surface area contributed by atoms with E-state index in [1.54, 1.807) is 20.8 Å². The quantitative estimate of drug-likeness (QED) is 0.696. The zero-order valence-electron chi connectivity index (χ0n) is 8.40. The molecule has 0 aliphatic carbocycles. The van der Waals surface area contributed by atoms with Crippen molar-refractivity contribution < 1.29 is 14.1 Å². The minimum atomic E-state index is -0.610. The number of carbonyl (C=O) groups excluding carboxylic acids is 1. The van der Waals surface area contributed by atoms with Crippen LogP contribution in [0, 0.1) is 0 Å². The highest BCUT2D eigenvalue weighted by Gasteiger charge is 2.22. The first-order chi connectivity index (χ1) is 6.42. The second-order valence-electron chi connectivity index (χ2n) is 3.72. The van der Waals surface area contributed by atoms with Crippen molar-refractivity contribution in [2.75, 3.05) is 0 Å². The first-order valence-electron chi connectivity index (χ1n) is 4.18. The van der Waals surface area contributed by atoms with Crippen LogP contribution in [0.3, 0.4) is 0 Å². The van der Waals surface area contributed by atoms with E-state index in [0.29, 0.717) is 0 Å². The van der Waals surface area contributed by atoms with Gasteiger partial charge >= 0.3 is 5.97 Å². The van der Waals surface area contributed by atoms with Gasteiger partial charge < -0.3 is 15.0 Å². The molecule has 0 aliphatic heterocycles. The maximum atomic E-state index is 11.3. The molecule has 1 heterocycles. The van der Waals surface area contributed by atoms with Crippen LogP contribution in [0.4, 0.5) is 0 Å². The van der Waals surface area contributed by atoms with Crippen LogP contribution in [-0.4, -0.2) is 21.7 Å². The van der Waals surface area contributed by atoms with E-state index in [9.17, 15) is 4.79 Å². The van der Waals surface area contributed by atoms with Crippen LogP contribution in [0.15, 0.2) is 4.52 Å². The fraction of sp³-hybridized carbons (Fsp3) is 0.625. The zero-order chi connectivity index (χ0) is 10.8. The van der Waals surface area contributed by atoms with Gasteiger partial charge in [-0.2, -0.15) is 4.98 Å². The molecule has 0 saturated carbocycles. The fourth-order valence-corrected chi connectivity index (χ4v) is 0.744. The summed E-state index contributed by atoms with van der Waals surface area (Å²) in [6.45, 7) is 5.38. The maximum Gasteiger partial charge on any atom is 0.380 e. The van der Waals surface area contributed by atoms with Crippen LogP contribution in [0.25, 0.3) is 0 Å². The van der Waals surface area contributed by atoms with E-state index >= 15 is 0 Å². The van der Waals surface area contributed by atoms with Crippen LogP contribution in [0.5, 0.6) is 0 Å². The largest absolute Gasteiger partial charge is 0.454 e. The van der Waals surface area contributed by atoms with Crippen molar-refractivity contribution in [3.8, 4) is 0 Å². The van der Waals surface area contributed by atoms with E-state index < -0.39 is 11.6 Å². The van der Waals surface area contributed by atoms with Crippen LogP contribution in [0.1, 0.15) is 37.3 Å². The Hall–Kier alpha value is -1.43. The molecule has 0 unspecified atom stereocenters. The molecule has 0 atom stereocenters. The SMILES string of the molecule is CC(C)(C)OC(=O)c1noc(CN)n1. The second kappa shape index (κ2) is 3.75.